The minimum atomic E-state index is 0.361. The molecule has 0 fully saturated rings. The maximum absolute atomic E-state index is 10.7. The van der Waals surface area contributed by atoms with Crippen LogP contribution >= 0.6 is 0 Å². The van der Waals surface area contributed by atoms with Crippen molar-refractivity contribution in [3.05, 3.63) is 41.3 Å². The molecule has 2 aromatic rings. The van der Waals surface area contributed by atoms with Gasteiger partial charge in [0.25, 0.3) is 0 Å². The molecule has 0 bridgehead atoms. The lowest BCUT2D eigenvalue weighted by molar-refractivity contribution is 0.111. The van der Waals surface area contributed by atoms with Crippen LogP contribution in [-0.4, -0.2) is 23.4 Å². The minimum absolute atomic E-state index is 0.361. The van der Waals surface area contributed by atoms with Crippen molar-refractivity contribution in [1.29, 1.82) is 0 Å². The molecule has 0 N–H and O–H groups in total. The minimum Gasteiger partial charge on any atom is -0.496 e. The summed E-state index contributed by atoms with van der Waals surface area (Å²) in [5, 5.41) is 0. The quantitative estimate of drug-likeness (QED) is 0.776. The zero-order valence-electron chi connectivity index (χ0n) is 10.6. The van der Waals surface area contributed by atoms with Crippen molar-refractivity contribution in [3.8, 4) is 17.0 Å². The van der Waals surface area contributed by atoms with Crippen molar-refractivity contribution in [2.75, 3.05) is 7.11 Å². The average Bonchev–Trinajstić information content (AvgIpc) is 2.41. The molecule has 0 aliphatic rings. The topological polar surface area (TPSA) is 52.1 Å². The second-order valence-electron chi connectivity index (χ2n) is 4.08. The van der Waals surface area contributed by atoms with Crippen molar-refractivity contribution in [1.82, 2.24) is 9.97 Å². The number of aromatic nitrogens is 2. The van der Waals surface area contributed by atoms with E-state index in [0.717, 1.165) is 22.4 Å². The van der Waals surface area contributed by atoms with E-state index in [1.165, 1.54) is 6.33 Å². The summed E-state index contributed by atoms with van der Waals surface area (Å²) in [7, 11) is 1.62. The summed E-state index contributed by atoms with van der Waals surface area (Å²) >= 11 is 0. The Morgan fingerprint density at radius 3 is 2.50 bits per heavy atom. The molecule has 4 heteroatoms. The molecule has 0 spiro atoms. The number of benzene rings is 1. The fraction of sp³-hybridized carbons (Fsp3) is 0.214. The predicted octanol–water partition coefficient (Wildman–Crippen LogP) is 2.58. The Morgan fingerprint density at radius 2 is 1.83 bits per heavy atom. The molecule has 0 aliphatic heterocycles. The monoisotopic (exact) mass is 242 g/mol. The van der Waals surface area contributed by atoms with Gasteiger partial charge in [0, 0.05) is 5.56 Å². The summed E-state index contributed by atoms with van der Waals surface area (Å²) in [4.78, 5) is 18.8. The summed E-state index contributed by atoms with van der Waals surface area (Å²) in [6.45, 7) is 4.05. The van der Waals surface area contributed by atoms with E-state index in [4.69, 9.17) is 4.74 Å². The maximum atomic E-state index is 10.7. The van der Waals surface area contributed by atoms with Gasteiger partial charge < -0.3 is 4.74 Å². The van der Waals surface area contributed by atoms with E-state index in [9.17, 15) is 4.79 Å². The van der Waals surface area contributed by atoms with E-state index < -0.39 is 0 Å². The van der Waals surface area contributed by atoms with Crippen molar-refractivity contribution < 1.29 is 9.53 Å². The molecule has 0 aliphatic carbocycles. The number of nitrogens with zero attached hydrogens (tertiary/aromatic N) is 2. The molecule has 92 valence electrons. The Balaban J connectivity index is 2.61. The van der Waals surface area contributed by atoms with E-state index >= 15 is 0 Å². The highest BCUT2D eigenvalue weighted by Crippen LogP contribution is 2.31. The fourth-order valence-corrected chi connectivity index (χ4v) is 1.74. The lowest BCUT2D eigenvalue weighted by Gasteiger charge is -2.11. The molecule has 0 saturated heterocycles. The summed E-state index contributed by atoms with van der Waals surface area (Å²) in [6.07, 6.45) is 2.09. The third kappa shape index (κ3) is 2.22. The molecule has 1 aromatic carbocycles. The third-order valence-corrected chi connectivity index (χ3v) is 2.90. The molecule has 0 unspecified atom stereocenters. The molecule has 4 nitrogen and oxygen atoms in total. The smallest absolute Gasteiger partial charge is 0.168 e. The highest BCUT2D eigenvalue weighted by Gasteiger charge is 2.10. The lowest BCUT2D eigenvalue weighted by Crippen LogP contribution is -1.95. The first-order chi connectivity index (χ1) is 8.65. The van der Waals surface area contributed by atoms with E-state index in [2.05, 4.69) is 9.97 Å². The number of aldehydes is 1. The summed E-state index contributed by atoms with van der Waals surface area (Å²) in [6, 6.07) is 5.62. The summed E-state index contributed by atoms with van der Waals surface area (Å²) < 4.78 is 5.36. The van der Waals surface area contributed by atoms with E-state index in [-0.39, 0.29) is 0 Å². The van der Waals surface area contributed by atoms with Crippen LogP contribution in [-0.2, 0) is 0 Å². The van der Waals surface area contributed by atoms with Crippen molar-refractivity contribution in [2.45, 2.75) is 13.8 Å². The zero-order valence-corrected chi connectivity index (χ0v) is 10.6. The Labute approximate surface area is 106 Å². The number of hydrogen-bond donors (Lipinski definition) is 0. The molecule has 0 saturated carbocycles. The Morgan fingerprint density at radius 1 is 1.11 bits per heavy atom. The highest BCUT2D eigenvalue weighted by molar-refractivity contribution is 5.76. The highest BCUT2D eigenvalue weighted by atomic mass is 16.5. The normalized spacial score (nSPS) is 10.2. The molecule has 2 rings (SSSR count). The van der Waals surface area contributed by atoms with Gasteiger partial charge in [0.05, 0.1) is 12.8 Å². The van der Waals surface area contributed by atoms with Crippen molar-refractivity contribution in [2.24, 2.45) is 0 Å². The molecular formula is C14H14N2O2. The van der Waals surface area contributed by atoms with Crippen LogP contribution in [0.5, 0.6) is 5.75 Å². The molecule has 0 atom stereocenters. The number of methoxy groups -OCH3 is 1. The van der Waals surface area contributed by atoms with Crippen LogP contribution in [0.2, 0.25) is 0 Å². The van der Waals surface area contributed by atoms with Gasteiger partial charge in [-0.1, -0.05) is 0 Å². The van der Waals surface area contributed by atoms with Crippen LogP contribution in [0.3, 0.4) is 0 Å². The third-order valence-electron chi connectivity index (χ3n) is 2.90. The van der Waals surface area contributed by atoms with Crippen LogP contribution in [0.25, 0.3) is 11.3 Å². The van der Waals surface area contributed by atoms with Gasteiger partial charge in [-0.2, -0.15) is 0 Å². The standard InChI is InChI=1S/C14H14N2O2/c1-9-4-12(14(18-3)5-10(9)2)13-6-11(7-17)15-8-16-13/h4-8H,1-3H3. The number of hydrogen-bond acceptors (Lipinski definition) is 4. The van der Waals surface area contributed by atoms with Gasteiger partial charge in [-0.05, 0) is 43.2 Å². The molecule has 0 radical (unpaired) electrons. The van der Waals surface area contributed by atoms with E-state index in [0.29, 0.717) is 17.7 Å². The average molecular weight is 242 g/mol. The number of ether oxygens (including phenoxy) is 1. The Bertz CT molecular complexity index is 594. The van der Waals surface area contributed by atoms with Gasteiger partial charge in [-0.25, -0.2) is 9.97 Å². The van der Waals surface area contributed by atoms with Crippen LogP contribution < -0.4 is 4.74 Å². The number of rotatable bonds is 3. The van der Waals surface area contributed by atoms with Gasteiger partial charge in [-0.3, -0.25) is 4.79 Å². The second kappa shape index (κ2) is 4.96. The first kappa shape index (κ1) is 12.2. The molecule has 18 heavy (non-hydrogen) atoms. The number of carbonyl (C=O) groups is 1. The zero-order chi connectivity index (χ0) is 13.1. The van der Waals surface area contributed by atoms with Gasteiger partial charge in [0.1, 0.15) is 17.8 Å². The summed E-state index contributed by atoms with van der Waals surface area (Å²) in [5.74, 6) is 0.744. The summed E-state index contributed by atoms with van der Waals surface area (Å²) in [5.41, 5.74) is 4.22. The SMILES string of the molecule is COc1cc(C)c(C)cc1-c1cc(C=O)ncn1. The van der Waals surface area contributed by atoms with Gasteiger partial charge in [0.2, 0.25) is 0 Å². The van der Waals surface area contributed by atoms with E-state index in [1.807, 2.05) is 26.0 Å². The van der Waals surface area contributed by atoms with Gasteiger partial charge in [0.15, 0.2) is 6.29 Å². The van der Waals surface area contributed by atoms with E-state index in [1.54, 1.807) is 13.2 Å². The first-order valence-electron chi connectivity index (χ1n) is 5.58. The molecule has 1 aromatic heterocycles. The fourth-order valence-electron chi connectivity index (χ4n) is 1.74. The maximum Gasteiger partial charge on any atom is 0.168 e. The first-order valence-corrected chi connectivity index (χ1v) is 5.58. The predicted molar refractivity (Wildman–Crippen MR) is 68.9 cm³/mol. The van der Waals surface area contributed by atoms with Crippen LogP contribution in [0.1, 0.15) is 21.6 Å². The number of aryl methyl sites for hydroxylation is 2. The molecule has 0 amide bonds. The van der Waals surface area contributed by atoms with Crippen LogP contribution in [0.4, 0.5) is 0 Å². The van der Waals surface area contributed by atoms with Gasteiger partial charge in [-0.15, -0.1) is 0 Å². The van der Waals surface area contributed by atoms with Crippen molar-refractivity contribution >= 4 is 6.29 Å². The Kier molecular flexibility index (Phi) is 3.37. The number of carbonyl (C=O) groups excluding carboxylic acids is 1. The van der Waals surface area contributed by atoms with Crippen LogP contribution in [0.15, 0.2) is 24.5 Å². The van der Waals surface area contributed by atoms with Gasteiger partial charge >= 0.3 is 0 Å². The van der Waals surface area contributed by atoms with Crippen LogP contribution in [0, 0.1) is 13.8 Å². The van der Waals surface area contributed by atoms with Crippen molar-refractivity contribution in [3.63, 3.8) is 0 Å². The second-order valence-corrected chi connectivity index (χ2v) is 4.08. The molecule has 1 heterocycles. The Hall–Kier alpha value is -2.23. The molecular weight excluding hydrogens is 228 g/mol. The largest absolute Gasteiger partial charge is 0.496 e. The lowest BCUT2D eigenvalue weighted by atomic mass is 10.0.